The molecule has 0 N–H and O–H groups in total. The summed E-state index contributed by atoms with van der Waals surface area (Å²) in [7, 11) is 0. The highest BCUT2D eigenvalue weighted by Gasteiger charge is 2.33. The van der Waals surface area contributed by atoms with Crippen LogP contribution < -0.4 is 14.2 Å². The third kappa shape index (κ3) is 14.7. The van der Waals surface area contributed by atoms with Gasteiger partial charge in [0.15, 0.2) is 0 Å². The number of ether oxygens (including phenoxy) is 4. The number of morpholine rings is 1. The van der Waals surface area contributed by atoms with E-state index in [1.165, 1.54) is 68.5 Å². The number of nitrogens with zero attached hydrogens (tertiary/aromatic N) is 6. The van der Waals surface area contributed by atoms with Crippen LogP contribution >= 0.6 is 0 Å². The first kappa shape index (κ1) is 47.8. The number of piperidine rings is 1. The van der Waals surface area contributed by atoms with E-state index in [9.17, 15) is 39.5 Å². The molecular formula is C46H53F9N6O4. The van der Waals surface area contributed by atoms with Gasteiger partial charge in [0.2, 0.25) is 0 Å². The van der Waals surface area contributed by atoms with Crippen LogP contribution in [0.25, 0.3) is 32.7 Å². The Morgan fingerprint density at radius 2 is 0.692 bits per heavy atom. The topological polar surface area (TPSA) is 61.4 Å². The van der Waals surface area contributed by atoms with Crippen LogP contribution in [0, 0.1) is 0 Å². The summed E-state index contributed by atoms with van der Waals surface area (Å²) in [5, 5.41) is 2.27. The summed E-state index contributed by atoms with van der Waals surface area (Å²) in [5.41, 5.74) is 2.78. The van der Waals surface area contributed by atoms with Crippen LogP contribution in [-0.4, -0.2) is 120 Å². The third-order valence-corrected chi connectivity index (χ3v) is 11.7. The molecule has 0 atom stereocenters. The fourth-order valence-electron chi connectivity index (χ4n) is 8.47. The molecule has 19 heteroatoms. The molecule has 0 spiro atoms. The highest BCUT2D eigenvalue weighted by atomic mass is 19.4. The molecule has 10 nitrogen and oxygen atoms in total. The number of benzene rings is 3. The Labute approximate surface area is 370 Å². The van der Waals surface area contributed by atoms with Gasteiger partial charge in [-0.3, -0.25) is 4.90 Å². The normalized spacial score (nSPS) is 16.9. The van der Waals surface area contributed by atoms with E-state index >= 15 is 0 Å². The van der Waals surface area contributed by atoms with Crippen molar-refractivity contribution in [3.05, 3.63) is 91.4 Å². The van der Waals surface area contributed by atoms with E-state index in [0.717, 1.165) is 124 Å². The number of aromatic nitrogens is 3. The molecule has 0 bridgehead atoms. The molecule has 3 aromatic carbocycles. The van der Waals surface area contributed by atoms with Gasteiger partial charge in [-0.1, -0.05) is 6.42 Å². The van der Waals surface area contributed by atoms with Gasteiger partial charge in [-0.15, -0.1) is 39.5 Å². The molecule has 3 saturated heterocycles. The molecule has 9 rings (SSSR count). The van der Waals surface area contributed by atoms with Gasteiger partial charge >= 0.3 is 19.1 Å². The van der Waals surface area contributed by atoms with Gasteiger partial charge in [-0.05, 0) is 125 Å². The summed E-state index contributed by atoms with van der Waals surface area (Å²) in [4.78, 5) is 7.17. The van der Waals surface area contributed by atoms with Crippen LogP contribution in [0.15, 0.2) is 91.4 Å². The summed E-state index contributed by atoms with van der Waals surface area (Å²) in [6.07, 6.45) is -1.90. The molecule has 0 radical (unpaired) electrons. The minimum atomic E-state index is -4.66. The lowest BCUT2D eigenvalue weighted by Crippen LogP contribution is -2.38. The molecule has 3 aliphatic rings. The Morgan fingerprint density at radius 1 is 0.385 bits per heavy atom. The van der Waals surface area contributed by atoms with Gasteiger partial charge < -0.3 is 42.4 Å². The molecule has 0 unspecified atom stereocenters. The highest BCUT2D eigenvalue weighted by Crippen LogP contribution is 2.30. The van der Waals surface area contributed by atoms with Crippen molar-refractivity contribution in [2.75, 3.05) is 72.1 Å². The zero-order valence-corrected chi connectivity index (χ0v) is 35.8. The summed E-state index contributed by atoms with van der Waals surface area (Å²) < 4.78 is 133. The summed E-state index contributed by atoms with van der Waals surface area (Å²) in [6.45, 7) is 13.3. The number of rotatable bonds is 12. The number of hydrogen-bond acceptors (Lipinski definition) is 7. The Balaban J connectivity index is 0.000000145. The van der Waals surface area contributed by atoms with Gasteiger partial charge in [-0.2, -0.15) is 0 Å². The predicted octanol–water partition coefficient (Wildman–Crippen LogP) is 10.5. The molecule has 354 valence electrons. The molecule has 0 amide bonds. The number of alkyl halides is 9. The molecule has 3 aliphatic heterocycles. The fourth-order valence-corrected chi connectivity index (χ4v) is 8.47. The second-order valence-electron chi connectivity index (χ2n) is 16.2. The number of halogens is 9. The van der Waals surface area contributed by atoms with Crippen molar-refractivity contribution >= 4 is 32.7 Å². The number of fused-ring (bicyclic) bond motifs is 3. The number of hydrogen-bond donors (Lipinski definition) is 0. The smallest absolute Gasteiger partial charge is 0.406 e. The van der Waals surface area contributed by atoms with Gasteiger partial charge in [0.1, 0.15) is 17.2 Å². The zero-order chi connectivity index (χ0) is 46.0. The molecule has 65 heavy (non-hydrogen) atoms. The van der Waals surface area contributed by atoms with Crippen molar-refractivity contribution < 1.29 is 58.5 Å². The van der Waals surface area contributed by atoms with E-state index in [2.05, 4.69) is 38.0 Å². The first-order valence-corrected chi connectivity index (χ1v) is 21.8. The summed E-state index contributed by atoms with van der Waals surface area (Å²) in [5.74, 6) is -0.535. The van der Waals surface area contributed by atoms with E-state index in [0.29, 0.717) is 0 Å². The molecular weight excluding hydrogens is 872 g/mol. The van der Waals surface area contributed by atoms with Crippen LogP contribution in [0.5, 0.6) is 17.2 Å². The molecule has 0 saturated carbocycles. The van der Waals surface area contributed by atoms with E-state index in [1.807, 2.05) is 35.3 Å². The van der Waals surface area contributed by atoms with E-state index in [4.69, 9.17) is 4.74 Å². The predicted molar refractivity (Wildman–Crippen MR) is 229 cm³/mol. The minimum absolute atomic E-state index is 0.172. The maximum atomic E-state index is 12.2. The average molecular weight is 925 g/mol. The quantitative estimate of drug-likeness (QED) is 0.113. The molecule has 3 fully saturated rings. The van der Waals surface area contributed by atoms with E-state index < -0.39 is 19.1 Å². The van der Waals surface area contributed by atoms with Crippen molar-refractivity contribution in [2.24, 2.45) is 0 Å². The Kier molecular flexibility index (Phi) is 15.8. The minimum Gasteiger partial charge on any atom is -0.406 e. The van der Waals surface area contributed by atoms with Crippen LogP contribution in [0.4, 0.5) is 39.5 Å². The van der Waals surface area contributed by atoms with E-state index in [-0.39, 0.29) is 17.2 Å². The average Bonchev–Trinajstić information content (AvgIpc) is 4.08. The first-order chi connectivity index (χ1) is 31.0. The maximum absolute atomic E-state index is 12.2. The van der Waals surface area contributed by atoms with Crippen molar-refractivity contribution in [2.45, 2.75) is 70.8 Å². The first-order valence-electron chi connectivity index (χ1n) is 21.8. The molecule has 0 aliphatic carbocycles. The number of likely N-dealkylation sites (tertiary alicyclic amines) is 2. The van der Waals surface area contributed by atoms with Crippen LogP contribution in [-0.2, 0) is 24.4 Å². The molecule has 3 aromatic heterocycles. The highest BCUT2D eigenvalue weighted by molar-refractivity contribution is 5.83. The lowest BCUT2D eigenvalue weighted by molar-refractivity contribution is -0.275. The van der Waals surface area contributed by atoms with Crippen molar-refractivity contribution in [3.63, 3.8) is 0 Å². The standard InChI is InChI=1S/C16H19F3N2O.C15H17F3N2O2.C15H17F3N2O/c17-16(18,19)22-14-4-5-15-13(12-14)6-9-21(15)11-10-20-7-2-1-3-8-20;16-15(17,18)22-13-1-2-14-12(11-13)3-4-20(14)6-5-19-7-9-21-10-8-19;16-15(17,18)21-13-3-4-14-12(11-13)5-8-20(14)10-9-19-6-1-2-7-19/h4-6,9,12H,1-3,7-8,10-11H2;1-4,11H,5-10H2;3-5,8,11H,1-2,6-7,9-10H2. The molecule has 6 heterocycles. The van der Waals surface area contributed by atoms with Crippen LogP contribution in [0.3, 0.4) is 0 Å². The van der Waals surface area contributed by atoms with Gasteiger partial charge in [-0.25, -0.2) is 0 Å². The van der Waals surface area contributed by atoms with Crippen molar-refractivity contribution in [3.8, 4) is 17.2 Å². The van der Waals surface area contributed by atoms with Gasteiger partial charge in [0.05, 0.1) is 13.2 Å². The fraction of sp³-hybridized carbons (Fsp3) is 0.478. The largest absolute Gasteiger partial charge is 0.573 e. The van der Waals surface area contributed by atoms with Crippen molar-refractivity contribution in [1.29, 1.82) is 0 Å². The van der Waals surface area contributed by atoms with Gasteiger partial charge in [0, 0.05) is 104 Å². The van der Waals surface area contributed by atoms with Gasteiger partial charge in [0.25, 0.3) is 0 Å². The third-order valence-electron chi connectivity index (χ3n) is 11.7. The van der Waals surface area contributed by atoms with Crippen molar-refractivity contribution in [1.82, 2.24) is 28.4 Å². The Hall–Kier alpha value is -5.11. The summed E-state index contributed by atoms with van der Waals surface area (Å²) in [6, 6.07) is 18.8. The Morgan fingerprint density at radius 3 is 1.02 bits per heavy atom. The SMILES string of the molecule is FC(F)(F)Oc1ccc2c(ccn2CCN2CCCC2)c1.FC(F)(F)Oc1ccc2c(ccn2CCN2CCCCC2)c1.FC(F)(F)Oc1ccc2c(ccn2CCN2CCOCC2)c1. The lowest BCUT2D eigenvalue weighted by atomic mass is 10.1. The summed E-state index contributed by atoms with van der Waals surface area (Å²) >= 11 is 0. The van der Waals surface area contributed by atoms with Crippen LogP contribution in [0.1, 0.15) is 32.1 Å². The maximum Gasteiger partial charge on any atom is 0.573 e. The monoisotopic (exact) mass is 924 g/mol. The Bertz CT molecular complexity index is 2300. The molecule has 6 aromatic rings. The zero-order valence-electron chi connectivity index (χ0n) is 35.8. The second kappa shape index (κ2) is 21.5. The van der Waals surface area contributed by atoms with E-state index in [1.54, 1.807) is 24.3 Å². The lowest BCUT2D eigenvalue weighted by Gasteiger charge is -2.26. The van der Waals surface area contributed by atoms with Crippen LogP contribution in [0.2, 0.25) is 0 Å². The second-order valence-corrected chi connectivity index (χ2v) is 16.2.